The van der Waals surface area contributed by atoms with Gasteiger partial charge in [-0.25, -0.2) is 9.69 Å². The summed E-state index contributed by atoms with van der Waals surface area (Å²) in [4.78, 5) is 51.2. The van der Waals surface area contributed by atoms with Crippen LogP contribution in [0.25, 0.3) is 0 Å². The molecule has 3 atom stereocenters. The summed E-state index contributed by atoms with van der Waals surface area (Å²) < 4.78 is 0. The number of hydrogen-bond donors (Lipinski definition) is 1. The Kier molecular flexibility index (Phi) is 5.69. The molecule has 8 nitrogen and oxygen atoms in total. The monoisotopic (exact) mass is 362 g/mol. The maximum Gasteiger partial charge on any atom is 0.334 e. The second-order valence-electron chi connectivity index (χ2n) is 7.70. The average molecular weight is 362 g/mol. The maximum atomic E-state index is 12.6. The van der Waals surface area contributed by atoms with Crippen molar-refractivity contribution in [3.63, 3.8) is 0 Å². The molecule has 0 aromatic heterocycles. The standard InChI is InChI=1S/C18H26N4O4/c1-11(2)18(4,10-19)20-14(23)9-21-15(24)16(25)22(17(21)26)13-8-6-5-7-12(13)3/h11-13H,5-9H2,1-4H3,(H,20,23)/t12-,13+,18-/m0/s1. The maximum absolute atomic E-state index is 12.6. The number of carbonyl (C=O) groups excluding carboxylic acids is 4. The van der Waals surface area contributed by atoms with Crippen LogP contribution in [0.15, 0.2) is 0 Å². The molecule has 142 valence electrons. The van der Waals surface area contributed by atoms with Gasteiger partial charge in [-0.15, -0.1) is 0 Å². The molecule has 1 N–H and O–H groups in total. The van der Waals surface area contributed by atoms with Crippen molar-refractivity contribution < 1.29 is 19.2 Å². The van der Waals surface area contributed by atoms with E-state index < -0.39 is 35.8 Å². The van der Waals surface area contributed by atoms with E-state index in [-0.39, 0.29) is 17.9 Å². The number of carbonyl (C=O) groups is 4. The number of nitriles is 1. The normalized spacial score (nSPS) is 26.1. The van der Waals surface area contributed by atoms with Crippen molar-refractivity contribution >= 4 is 23.8 Å². The predicted octanol–water partition coefficient (Wildman–Crippen LogP) is 1.41. The molecule has 0 bridgehead atoms. The molecule has 0 spiro atoms. The molecule has 0 aromatic rings. The lowest BCUT2D eigenvalue weighted by Gasteiger charge is -2.34. The fourth-order valence-electron chi connectivity index (χ4n) is 3.41. The second kappa shape index (κ2) is 7.44. The van der Waals surface area contributed by atoms with Gasteiger partial charge in [0.05, 0.1) is 6.07 Å². The Balaban J connectivity index is 2.12. The van der Waals surface area contributed by atoms with E-state index >= 15 is 0 Å². The van der Waals surface area contributed by atoms with E-state index in [9.17, 15) is 24.4 Å². The van der Waals surface area contributed by atoms with Gasteiger partial charge in [-0.05, 0) is 31.6 Å². The molecule has 5 amide bonds. The number of amides is 5. The van der Waals surface area contributed by atoms with Crippen LogP contribution in [0.4, 0.5) is 4.79 Å². The zero-order chi connectivity index (χ0) is 19.6. The molecule has 1 aliphatic carbocycles. The van der Waals surface area contributed by atoms with E-state index in [0.717, 1.165) is 24.2 Å². The summed E-state index contributed by atoms with van der Waals surface area (Å²) in [6.07, 6.45) is 3.50. The van der Waals surface area contributed by atoms with E-state index in [4.69, 9.17) is 0 Å². The van der Waals surface area contributed by atoms with Gasteiger partial charge in [0.2, 0.25) is 5.91 Å². The van der Waals surface area contributed by atoms with Gasteiger partial charge >= 0.3 is 17.8 Å². The van der Waals surface area contributed by atoms with Gasteiger partial charge < -0.3 is 5.32 Å². The third kappa shape index (κ3) is 3.57. The average Bonchev–Trinajstić information content (AvgIpc) is 2.79. The molecule has 0 unspecified atom stereocenters. The predicted molar refractivity (Wildman–Crippen MR) is 92.4 cm³/mol. The highest BCUT2D eigenvalue weighted by Crippen LogP contribution is 2.31. The highest BCUT2D eigenvalue weighted by Gasteiger charge is 2.49. The molecule has 1 saturated carbocycles. The fourth-order valence-corrected chi connectivity index (χ4v) is 3.41. The Labute approximate surface area is 153 Å². The van der Waals surface area contributed by atoms with Crippen molar-refractivity contribution in [1.29, 1.82) is 5.26 Å². The molecule has 2 fully saturated rings. The smallest absolute Gasteiger partial charge is 0.334 e. The van der Waals surface area contributed by atoms with E-state index in [1.54, 1.807) is 20.8 Å². The summed E-state index contributed by atoms with van der Waals surface area (Å²) >= 11 is 0. The summed E-state index contributed by atoms with van der Waals surface area (Å²) in [5, 5.41) is 11.8. The highest BCUT2D eigenvalue weighted by molar-refractivity contribution is 6.45. The lowest BCUT2D eigenvalue weighted by molar-refractivity contribution is -0.145. The van der Waals surface area contributed by atoms with Crippen molar-refractivity contribution in [2.45, 2.75) is 65.0 Å². The van der Waals surface area contributed by atoms with Gasteiger partial charge in [-0.3, -0.25) is 19.3 Å². The largest absolute Gasteiger partial charge is 0.336 e. The number of nitrogens with one attached hydrogen (secondary N) is 1. The number of rotatable bonds is 5. The Hall–Kier alpha value is -2.43. The summed E-state index contributed by atoms with van der Waals surface area (Å²) in [5.41, 5.74) is -1.12. The molecule has 2 rings (SSSR count). The second-order valence-corrected chi connectivity index (χ2v) is 7.70. The van der Waals surface area contributed by atoms with Crippen LogP contribution in [0.5, 0.6) is 0 Å². The zero-order valence-corrected chi connectivity index (χ0v) is 15.7. The van der Waals surface area contributed by atoms with Gasteiger partial charge in [-0.1, -0.05) is 33.6 Å². The van der Waals surface area contributed by atoms with E-state index in [1.807, 2.05) is 13.0 Å². The first kappa shape index (κ1) is 19.9. The van der Waals surface area contributed by atoms with Crippen LogP contribution < -0.4 is 5.32 Å². The van der Waals surface area contributed by atoms with Crippen molar-refractivity contribution in [3.8, 4) is 6.07 Å². The minimum Gasteiger partial charge on any atom is -0.336 e. The van der Waals surface area contributed by atoms with Crippen LogP contribution in [0.1, 0.15) is 53.4 Å². The SMILES string of the molecule is CC(C)[C@](C)(C#N)NC(=O)CN1C(=O)C(=O)N([C@@H]2CCCC[C@@H]2C)C1=O. The topological polar surface area (TPSA) is 111 Å². The minimum atomic E-state index is -1.12. The fraction of sp³-hybridized carbons (Fsp3) is 0.722. The molecule has 0 radical (unpaired) electrons. The van der Waals surface area contributed by atoms with E-state index in [0.29, 0.717) is 11.3 Å². The number of nitrogens with zero attached hydrogens (tertiary/aromatic N) is 3. The number of imide groups is 2. The summed E-state index contributed by atoms with van der Waals surface area (Å²) in [6, 6.07) is 0.990. The van der Waals surface area contributed by atoms with Gasteiger partial charge in [0.15, 0.2) is 0 Å². The van der Waals surface area contributed by atoms with E-state index in [1.165, 1.54) is 0 Å². The van der Waals surface area contributed by atoms with Crippen LogP contribution in [-0.4, -0.2) is 51.7 Å². The van der Waals surface area contributed by atoms with Gasteiger partial charge in [0.25, 0.3) is 0 Å². The molecule has 1 heterocycles. The third-order valence-corrected chi connectivity index (χ3v) is 5.57. The molecule has 2 aliphatic rings. The Morgan fingerprint density at radius 3 is 2.42 bits per heavy atom. The Morgan fingerprint density at radius 1 is 1.27 bits per heavy atom. The molecular formula is C18H26N4O4. The summed E-state index contributed by atoms with van der Waals surface area (Å²) in [5.74, 6) is -2.53. The molecule has 26 heavy (non-hydrogen) atoms. The lowest BCUT2D eigenvalue weighted by Crippen LogP contribution is -2.53. The molecule has 8 heteroatoms. The highest BCUT2D eigenvalue weighted by atomic mass is 16.2. The Morgan fingerprint density at radius 2 is 1.88 bits per heavy atom. The minimum absolute atomic E-state index is 0.126. The lowest BCUT2D eigenvalue weighted by atomic mass is 9.85. The molecule has 0 aromatic carbocycles. The Bertz CT molecular complexity index is 669. The van der Waals surface area contributed by atoms with Crippen molar-refractivity contribution in [2.75, 3.05) is 6.54 Å². The van der Waals surface area contributed by atoms with Crippen molar-refractivity contribution in [2.24, 2.45) is 11.8 Å². The number of urea groups is 1. The number of hydrogen-bond acceptors (Lipinski definition) is 5. The van der Waals surface area contributed by atoms with Crippen LogP contribution in [0.3, 0.4) is 0 Å². The van der Waals surface area contributed by atoms with Crippen molar-refractivity contribution in [3.05, 3.63) is 0 Å². The van der Waals surface area contributed by atoms with E-state index in [2.05, 4.69) is 5.32 Å². The van der Waals surface area contributed by atoms with Crippen LogP contribution in [0, 0.1) is 23.2 Å². The first-order valence-corrected chi connectivity index (χ1v) is 9.03. The quantitative estimate of drug-likeness (QED) is 0.587. The van der Waals surface area contributed by atoms with Gasteiger partial charge in [-0.2, -0.15) is 5.26 Å². The molecule has 1 saturated heterocycles. The summed E-state index contributed by atoms with van der Waals surface area (Å²) in [7, 11) is 0. The summed E-state index contributed by atoms with van der Waals surface area (Å²) in [6.45, 7) is 6.54. The third-order valence-electron chi connectivity index (χ3n) is 5.57. The molecule has 1 aliphatic heterocycles. The van der Waals surface area contributed by atoms with Crippen LogP contribution in [0.2, 0.25) is 0 Å². The zero-order valence-electron chi connectivity index (χ0n) is 15.7. The van der Waals surface area contributed by atoms with Gasteiger partial charge in [0.1, 0.15) is 12.1 Å². The van der Waals surface area contributed by atoms with Crippen LogP contribution in [-0.2, 0) is 14.4 Å². The first-order valence-electron chi connectivity index (χ1n) is 9.03. The first-order chi connectivity index (χ1) is 12.1. The molecular weight excluding hydrogens is 336 g/mol. The van der Waals surface area contributed by atoms with Crippen molar-refractivity contribution in [1.82, 2.24) is 15.1 Å². The van der Waals surface area contributed by atoms with Crippen LogP contribution >= 0.6 is 0 Å². The van der Waals surface area contributed by atoms with Gasteiger partial charge in [0, 0.05) is 6.04 Å².